The van der Waals surface area contributed by atoms with Crippen molar-refractivity contribution >= 4 is 28.9 Å². The molecule has 1 aromatic heterocycles. The van der Waals surface area contributed by atoms with Gasteiger partial charge in [-0.25, -0.2) is 4.68 Å². The van der Waals surface area contributed by atoms with Crippen molar-refractivity contribution in [2.45, 2.75) is 13.3 Å². The molecule has 4 rings (SSSR count). The number of halogens is 1. The number of aromatic nitrogens is 2. The topological polar surface area (TPSA) is 126 Å². The third-order valence-electron chi connectivity index (χ3n) is 4.70. The van der Waals surface area contributed by atoms with Gasteiger partial charge < -0.3 is 14.8 Å². The molecular formula is C21H17ClN4O6. The molecule has 32 heavy (non-hydrogen) atoms. The third-order valence-corrected chi connectivity index (χ3v) is 4.96. The number of nitrogens with zero attached hydrogens (tertiary/aromatic N) is 3. The monoisotopic (exact) mass is 456 g/mol. The van der Waals surface area contributed by atoms with E-state index in [9.17, 15) is 19.7 Å². The number of ether oxygens (including phenoxy) is 2. The van der Waals surface area contributed by atoms with Crippen LogP contribution >= 0.6 is 11.6 Å². The first kappa shape index (κ1) is 21.3. The molecule has 164 valence electrons. The van der Waals surface area contributed by atoms with Gasteiger partial charge in [0.2, 0.25) is 5.43 Å². The fourth-order valence-electron chi connectivity index (χ4n) is 3.18. The lowest BCUT2D eigenvalue weighted by Gasteiger charge is -2.13. The highest BCUT2D eigenvalue weighted by Gasteiger charge is 2.25. The van der Waals surface area contributed by atoms with Crippen LogP contribution in [0.3, 0.4) is 0 Å². The van der Waals surface area contributed by atoms with Gasteiger partial charge in [-0.3, -0.25) is 19.7 Å². The Morgan fingerprint density at radius 2 is 1.81 bits per heavy atom. The highest BCUT2D eigenvalue weighted by Crippen LogP contribution is 2.39. The van der Waals surface area contributed by atoms with Crippen LogP contribution in [0.2, 0.25) is 5.02 Å². The van der Waals surface area contributed by atoms with Crippen molar-refractivity contribution in [1.82, 2.24) is 9.78 Å². The normalized spacial score (nSPS) is 12.7. The van der Waals surface area contributed by atoms with Crippen molar-refractivity contribution < 1.29 is 19.2 Å². The Hall–Kier alpha value is -3.92. The summed E-state index contributed by atoms with van der Waals surface area (Å²) in [5.41, 5.74) is -0.496. The molecule has 0 fully saturated rings. The number of nitro benzene ring substituents is 1. The summed E-state index contributed by atoms with van der Waals surface area (Å²) in [6.07, 6.45) is 0.613. The number of nitrogens with one attached hydrogen (secondary N) is 1. The fraction of sp³-hybridized carbons (Fsp3) is 0.190. The molecule has 1 amide bonds. The average Bonchev–Trinajstić information content (AvgIpc) is 2.98. The van der Waals surface area contributed by atoms with Gasteiger partial charge in [-0.15, -0.1) is 0 Å². The minimum atomic E-state index is -0.893. The SMILES string of the molecule is Cc1cc(=O)c(C(=O)Nc2cc3c(cc2[N+](=O)[O-])OCCCO3)nn1-c1ccc(Cl)cc1. The Kier molecular flexibility index (Phi) is 5.78. The number of hydrogen-bond acceptors (Lipinski definition) is 7. The molecule has 1 N–H and O–H groups in total. The smallest absolute Gasteiger partial charge is 0.296 e. The summed E-state index contributed by atoms with van der Waals surface area (Å²) in [4.78, 5) is 36.3. The Balaban J connectivity index is 1.72. The molecule has 2 heterocycles. The molecule has 0 spiro atoms. The lowest BCUT2D eigenvalue weighted by Crippen LogP contribution is -2.27. The highest BCUT2D eigenvalue weighted by molar-refractivity contribution is 6.30. The number of carbonyl (C=O) groups is 1. The van der Waals surface area contributed by atoms with Gasteiger partial charge >= 0.3 is 0 Å². The van der Waals surface area contributed by atoms with Gasteiger partial charge in [-0.1, -0.05) is 11.6 Å². The molecule has 0 unspecified atom stereocenters. The molecule has 1 aliphatic rings. The van der Waals surface area contributed by atoms with Crippen molar-refractivity contribution in [3.8, 4) is 17.2 Å². The highest BCUT2D eigenvalue weighted by atomic mass is 35.5. The Bertz CT molecular complexity index is 1270. The van der Waals surface area contributed by atoms with Gasteiger partial charge in [0.15, 0.2) is 17.2 Å². The van der Waals surface area contributed by atoms with E-state index < -0.39 is 27.6 Å². The third kappa shape index (κ3) is 4.26. The van der Waals surface area contributed by atoms with Crippen LogP contribution in [0.15, 0.2) is 47.3 Å². The minimum absolute atomic E-state index is 0.135. The summed E-state index contributed by atoms with van der Waals surface area (Å²) in [6.45, 7) is 2.39. The predicted octanol–water partition coefficient (Wildman–Crippen LogP) is 3.52. The molecule has 0 bridgehead atoms. The van der Waals surface area contributed by atoms with Crippen LogP contribution in [0, 0.1) is 17.0 Å². The maximum atomic E-state index is 12.9. The van der Waals surface area contributed by atoms with E-state index in [0.29, 0.717) is 36.0 Å². The molecule has 0 radical (unpaired) electrons. The van der Waals surface area contributed by atoms with E-state index in [-0.39, 0.29) is 17.2 Å². The zero-order chi connectivity index (χ0) is 22.8. The van der Waals surface area contributed by atoms with Crippen molar-refractivity contribution in [2.24, 2.45) is 0 Å². The average molecular weight is 457 g/mol. The van der Waals surface area contributed by atoms with Gasteiger partial charge in [-0.2, -0.15) is 5.10 Å². The largest absolute Gasteiger partial charge is 0.489 e. The quantitative estimate of drug-likeness (QED) is 0.470. The number of aryl methyl sites for hydroxylation is 1. The van der Waals surface area contributed by atoms with Gasteiger partial charge in [-0.05, 0) is 31.2 Å². The summed E-state index contributed by atoms with van der Waals surface area (Å²) < 4.78 is 12.4. The maximum Gasteiger partial charge on any atom is 0.296 e. The Labute approximate surface area is 186 Å². The number of fused-ring (bicyclic) bond motifs is 1. The fourth-order valence-corrected chi connectivity index (χ4v) is 3.31. The van der Waals surface area contributed by atoms with E-state index in [4.69, 9.17) is 21.1 Å². The molecular weight excluding hydrogens is 440 g/mol. The van der Waals surface area contributed by atoms with Crippen LogP contribution in [0.1, 0.15) is 22.6 Å². The lowest BCUT2D eigenvalue weighted by molar-refractivity contribution is -0.384. The second kappa shape index (κ2) is 8.67. The van der Waals surface area contributed by atoms with Crippen molar-refractivity contribution in [1.29, 1.82) is 0 Å². The van der Waals surface area contributed by atoms with Gasteiger partial charge in [0.1, 0.15) is 5.69 Å². The lowest BCUT2D eigenvalue weighted by atomic mass is 10.2. The van der Waals surface area contributed by atoms with Crippen molar-refractivity contribution in [2.75, 3.05) is 18.5 Å². The second-order valence-electron chi connectivity index (χ2n) is 6.96. The molecule has 1 aliphatic heterocycles. The Morgan fingerprint density at radius 1 is 1.16 bits per heavy atom. The minimum Gasteiger partial charge on any atom is -0.489 e. The van der Waals surface area contributed by atoms with Crippen LogP contribution in [0.5, 0.6) is 11.5 Å². The number of carbonyl (C=O) groups excluding carboxylic acids is 1. The summed E-state index contributed by atoms with van der Waals surface area (Å²) in [5.74, 6) is -0.417. The number of nitro groups is 1. The zero-order valence-electron chi connectivity index (χ0n) is 16.8. The molecule has 3 aromatic rings. The van der Waals surface area contributed by atoms with Crippen LogP contribution < -0.4 is 20.2 Å². The van der Waals surface area contributed by atoms with Crippen LogP contribution in [-0.2, 0) is 0 Å². The van der Waals surface area contributed by atoms with E-state index in [0.717, 1.165) is 0 Å². The molecule has 10 nitrogen and oxygen atoms in total. The predicted molar refractivity (Wildman–Crippen MR) is 116 cm³/mol. The number of benzene rings is 2. The van der Waals surface area contributed by atoms with Gasteiger partial charge in [0.05, 0.1) is 29.9 Å². The maximum absolute atomic E-state index is 12.9. The molecule has 0 saturated heterocycles. The van der Waals surface area contributed by atoms with E-state index in [1.54, 1.807) is 31.2 Å². The van der Waals surface area contributed by atoms with Crippen molar-refractivity contribution in [3.63, 3.8) is 0 Å². The van der Waals surface area contributed by atoms with Crippen LogP contribution in [0.4, 0.5) is 11.4 Å². The first-order chi connectivity index (χ1) is 15.3. The summed E-state index contributed by atoms with van der Waals surface area (Å²) >= 11 is 5.92. The van der Waals surface area contributed by atoms with Crippen LogP contribution in [0.25, 0.3) is 5.69 Å². The van der Waals surface area contributed by atoms with Gasteiger partial charge in [0, 0.05) is 29.3 Å². The van der Waals surface area contributed by atoms with E-state index in [1.807, 2.05) is 0 Å². The second-order valence-corrected chi connectivity index (χ2v) is 7.40. The molecule has 11 heteroatoms. The Morgan fingerprint density at radius 3 is 2.47 bits per heavy atom. The van der Waals surface area contributed by atoms with E-state index >= 15 is 0 Å². The van der Waals surface area contributed by atoms with E-state index in [1.165, 1.54) is 22.9 Å². The standard InChI is InChI=1S/C21H17ClN4O6/c1-12-9-17(27)20(24-25(12)14-5-3-13(22)4-6-14)21(28)23-15-10-18-19(11-16(15)26(29)30)32-8-2-7-31-18/h3-6,9-11H,2,7-8H2,1H3,(H,23,28). The summed E-state index contributed by atoms with van der Waals surface area (Å²) in [5, 5.41) is 18.7. The first-order valence-electron chi connectivity index (χ1n) is 9.60. The first-order valence-corrected chi connectivity index (χ1v) is 9.97. The van der Waals surface area contributed by atoms with E-state index in [2.05, 4.69) is 10.4 Å². The zero-order valence-corrected chi connectivity index (χ0v) is 17.6. The van der Waals surface area contributed by atoms with Gasteiger partial charge in [0.25, 0.3) is 11.6 Å². The van der Waals surface area contributed by atoms with Crippen molar-refractivity contribution in [3.05, 3.63) is 79.2 Å². The molecule has 2 aromatic carbocycles. The number of rotatable bonds is 4. The molecule has 0 aliphatic carbocycles. The summed E-state index contributed by atoms with van der Waals surface area (Å²) in [6, 6.07) is 10.4. The number of anilines is 1. The number of hydrogen-bond donors (Lipinski definition) is 1. The number of amides is 1. The summed E-state index contributed by atoms with van der Waals surface area (Å²) in [7, 11) is 0. The molecule has 0 saturated carbocycles. The van der Waals surface area contributed by atoms with Crippen LogP contribution in [-0.4, -0.2) is 33.8 Å². The molecule has 0 atom stereocenters.